The number of fused-ring (bicyclic) bond motifs is 3. The van der Waals surface area contributed by atoms with Crippen molar-refractivity contribution in [1.29, 1.82) is 0 Å². The second-order valence-electron chi connectivity index (χ2n) is 9.39. The molecule has 0 spiro atoms. The number of hydrogen-bond donors (Lipinski definition) is 0. The van der Waals surface area contributed by atoms with Gasteiger partial charge in [0.1, 0.15) is 0 Å². The molecular formula is C34H21N. The molecule has 1 aromatic heterocycles. The summed E-state index contributed by atoms with van der Waals surface area (Å²) in [6.07, 6.45) is 0. The van der Waals surface area contributed by atoms with Crippen LogP contribution in [0.2, 0.25) is 0 Å². The highest BCUT2D eigenvalue weighted by molar-refractivity contribution is 6.25. The van der Waals surface area contributed by atoms with E-state index in [1.54, 1.807) is 0 Å². The first kappa shape index (κ1) is 18.8. The Balaban J connectivity index is 1.42. The van der Waals surface area contributed by atoms with Gasteiger partial charge in [0.15, 0.2) is 0 Å². The van der Waals surface area contributed by atoms with Crippen molar-refractivity contribution in [1.82, 2.24) is 4.57 Å². The number of aromatic nitrogens is 1. The lowest BCUT2D eigenvalue weighted by molar-refractivity contribution is 1.18. The Morgan fingerprint density at radius 2 is 1.00 bits per heavy atom. The van der Waals surface area contributed by atoms with Crippen LogP contribution in [0.1, 0.15) is 0 Å². The van der Waals surface area contributed by atoms with Crippen LogP contribution in [0.4, 0.5) is 0 Å². The molecule has 0 saturated heterocycles. The van der Waals surface area contributed by atoms with Gasteiger partial charge in [-0.25, -0.2) is 0 Å². The van der Waals surface area contributed by atoms with Crippen molar-refractivity contribution in [3.63, 3.8) is 0 Å². The Bertz CT molecular complexity index is 1990. The number of rotatable bonds is 2. The summed E-state index contributed by atoms with van der Waals surface area (Å²) in [5, 5.41) is 10.5. The van der Waals surface area contributed by atoms with E-state index in [-0.39, 0.29) is 0 Å². The summed E-state index contributed by atoms with van der Waals surface area (Å²) in [5.41, 5.74) is 6.17. The summed E-state index contributed by atoms with van der Waals surface area (Å²) < 4.78 is 2.39. The second kappa shape index (κ2) is 6.94. The van der Waals surface area contributed by atoms with E-state index < -0.39 is 0 Å². The molecule has 8 aromatic rings. The molecule has 0 bridgehead atoms. The Labute approximate surface area is 202 Å². The number of nitrogens with zero attached hydrogens (tertiary/aromatic N) is 1. The van der Waals surface area contributed by atoms with E-state index in [9.17, 15) is 0 Å². The molecule has 7 aromatic carbocycles. The Morgan fingerprint density at radius 3 is 1.74 bits per heavy atom. The zero-order chi connectivity index (χ0) is 22.9. The first-order valence-electron chi connectivity index (χ1n) is 12.1. The van der Waals surface area contributed by atoms with Crippen molar-refractivity contribution in [3.8, 4) is 16.8 Å². The highest BCUT2D eigenvalue weighted by atomic mass is 15.0. The Morgan fingerprint density at radius 1 is 0.400 bits per heavy atom. The molecule has 0 aliphatic rings. The average molecular weight is 444 g/mol. The summed E-state index contributed by atoms with van der Waals surface area (Å²) in [4.78, 5) is 0. The molecule has 0 radical (unpaired) electrons. The van der Waals surface area contributed by atoms with E-state index in [0.29, 0.717) is 0 Å². The van der Waals surface area contributed by atoms with Crippen molar-refractivity contribution in [2.45, 2.75) is 0 Å². The van der Waals surface area contributed by atoms with Gasteiger partial charge in [-0.05, 0) is 67.7 Å². The summed E-state index contributed by atoms with van der Waals surface area (Å²) in [7, 11) is 0. The van der Waals surface area contributed by atoms with Crippen LogP contribution in [-0.2, 0) is 0 Å². The summed E-state index contributed by atoms with van der Waals surface area (Å²) in [6, 6.07) is 46.6. The van der Waals surface area contributed by atoms with Crippen molar-refractivity contribution in [3.05, 3.63) is 127 Å². The first-order chi connectivity index (χ1) is 17.4. The zero-order valence-corrected chi connectivity index (χ0v) is 19.1. The average Bonchev–Trinajstić information content (AvgIpc) is 3.26. The smallest absolute Gasteiger partial charge is 0.0541 e. The van der Waals surface area contributed by atoms with Crippen molar-refractivity contribution >= 4 is 54.1 Å². The zero-order valence-electron chi connectivity index (χ0n) is 19.1. The fraction of sp³-hybridized carbons (Fsp3) is 0. The van der Waals surface area contributed by atoms with E-state index in [1.165, 1.54) is 70.9 Å². The van der Waals surface area contributed by atoms with E-state index in [4.69, 9.17) is 0 Å². The summed E-state index contributed by atoms with van der Waals surface area (Å²) in [6.45, 7) is 0. The minimum atomic E-state index is 1.19. The largest absolute Gasteiger partial charge is 0.309 e. The van der Waals surface area contributed by atoms with Crippen LogP contribution in [-0.4, -0.2) is 4.57 Å². The van der Waals surface area contributed by atoms with Crippen molar-refractivity contribution in [2.24, 2.45) is 0 Å². The van der Waals surface area contributed by atoms with Gasteiger partial charge >= 0.3 is 0 Å². The Kier molecular flexibility index (Phi) is 3.72. The van der Waals surface area contributed by atoms with Crippen molar-refractivity contribution in [2.75, 3.05) is 0 Å². The molecule has 0 aliphatic heterocycles. The van der Waals surface area contributed by atoms with E-state index in [1.807, 2.05) is 0 Å². The van der Waals surface area contributed by atoms with Gasteiger partial charge in [0, 0.05) is 16.5 Å². The molecule has 0 N–H and O–H groups in total. The van der Waals surface area contributed by atoms with Crippen LogP contribution in [0.3, 0.4) is 0 Å². The third-order valence-electron chi connectivity index (χ3n) is 7.52. The molecule has 8 rings (SSSR count). The minimum Gasteiger partial charge on any atom is -0.309 e. The van der Waals surface area contributed by atoms with Crippen LogP contribution >= 0.6 is 0 Å². The van der Waals surface area contributed by atoms with Gasteiger partial charge in [0.25, 0.3) is 0 Å². The molecule has 1 nitrogen and oxygen atoms in total. The van der Waals surface area contributed by atoms with E-state index in [2.05, 4.69) is 132 Å². The third kappa shape index (κ3) is 2.58. The fourth-order valence-electron chi connectivity index (χ4n) is 6.00. The lowest BCUT2D eigenvalue weighted by Gasteiger charge is -2.15. The lowest BCUT2D eigenvalue weighted by atomic mass is 9.90. The summed E-state index contributed by atoms with van der Waals surface area (Å²) in [5.74, 6) is 0. The molecule has 162 valence electrons. The number of benzene rings is 7. The standard InChI is InChI=1S/C34H21N/c1-3-13-31-28(11-1)29-12-2-4-14-32(29)35(31)26-10-6-9-25(21-26)27-19-17-24-16-15-22-7-5-8-23-18-20-30(27)34(24)33(22)23/h1-21H. The van der Waals surface area contributed by atoms with Crippen LogP contribution in [0.15, 0.2) is 127 Å². The van der Waals surface area contributed by atoms with Gasteiger partial charge in [-0.1, -0.05) is 103 Å². The van der Waals surface area contributed by atoms with Crippen LogP contribution < -0.4 is 0 Å². The SMILES string of the molecule is c1cc(-c2ccc3ccc4cccc5ccc2c3c45)cc(-n2c3ccccc3c3ccccc32)c1. The van der Waals surface area contributed by atoms with Gasteiger partial charge in [0.05, 0.1) is 11.0 Å². The van der Waals surface area contributed by atoms with Gasteiger partial charge in [-0.2, -0.15) is 0 Å². The molecule has 1 heterocycles. The molecule has 0 fully saturated rings. The van der Waals surface area contributed by atoms with Crippen LogP contribution in [0.25, 0.3) is 70.9 Å². The maximum atomic E-state index is 2.39. The number of hydrogen-bond acceptors (Lipinski definition) is 0. The predicted octanol–water partition coefficient (Wildman–Crippen LogP) is 9.35. The Hall–Kier alpha value is -4.62. The first-order valence-corrected chi connectivity index (χ1v) is 12.1. The molecule has 0 unspecified atom stereocenters. The molecule has 0 amide bonds. The molecule has 35 heavy (non-hydrogen) atoms. The highest BCUT2D eigenvalue weighted by Crippen LogP contribution is 2.40. The van der Waals surface area contributed by atoms with Crippen LogP contribution in [0, 0.1) is 0 Å². The molecular weight excluding hydrogens is 422 g/mol. The minimum absolute atomic E-state index is 1.19. The van der Waals surface area contributed by atoms with E-state index in [0.717, 1.165) is 0 Å². The maximum absolute atomic E-state index is 2.39. The topological polar surface area (TPSA) is 4.93 Å². The van der Waals surface area contributed by atoms with Gasteiger partial charge in [-0.15, -0.1) is 0 Å². The highest BCUT2D eigenvalue weighted by Gasteiger charge is 2.14. The fourth-order valence-corrected chi connectivity index (χ4v) is 6.00. The van der Waals surface area contributed by atoms with Gasteiger partial charge in [-0.3, -0.25) is 0 Å². The predicted molar refractivity (Wildman–Crippen MR) is 150 cm³/mol. The van der Waals surface area contributed by atoms with E-state index >= 15 is 0 Å². The second-order valence-corrected chi connectivity index (χ2v) is 9.39. The van der Waals surface area contributed by atoms with Crippen molar-refractivity contribution < 1.29 is 0 Å². The van der Waals surface area contributed by atoms with Gasteiger partial charge < -0.3 is 4.57 Å². The quantitative estimate of drug-likeness (QED) is 0.235. The molecule has 0 saturated carbocycles. The number of para-hydroxylation sites is 2. The third-order valence-corrected chi connectivity index (χ3v) is 7.52. The summed E-state index contributed by atoms with van der Waals surface area (Å²) >= 11 is 0. The molecule has 1 heteroatoms. The lowest BCUT2D eigenvalue weighted by Crippen LogP contribution is -1.94. The maximum Gasteiger partial charge on any atom is 0.0541 e. The molecule has 0 aliphatic carbocycles. The normalized spacial score (nSPS) is 12.0. The van der Waals surface area contributed by atoms with Crippen LogP contribution in [0.5, 0.6) is 0 Å². The monoisotopic (exact) mass is 443 g/mol. The molecule has 0 atom stereocenters. The van der Waals surface area contributed by atoms with Gasteiger partial charge in [0.2, 0.25) is 0 Å².